The Morgan fingerprint density at radius 2 is 1.86 bits per heavy atom. The van der Waals surface area contributed by atoms with Gasteiger partial charge in [0.25, 0.3) is 0 Å². The number of aryl methyl sites for hydroxylation is 1. The Morgan fingerprint density at radius 1 is 1.10 bits per heavy atom. The molecule has 0 aliphatic rings. The number of anilines is 2. The van der Waals surface area contributed by atoms with E-state index in [-0.39, 0.29) is 27.6 Å². The number of para-hydroxylation sites is 1. The second-order valence-corrected chi connectivity index (χ2v) is 6.55. The van der Waals surface area contributed by atoms with Gasteiger partial charge in [-0.3, -0.25) is 0 Å². The number of fused-ring (bicyclic) bond motifs is 1. The fraction of sp³-hybridized carbons (Fsp3) is 0.111. The maximum Gasteiger partial charge on any atom is 0.433 e. The molecule has 7 nitrogen and oxygen atoms in total. The van der Waals surface area contributed by atoms with Crippen molar-refractivity contribution >= 4 is 34.3 Å². The molecule has 3 aromatic heterocycles. The van der Waals surface area contributed by atoms with Crippen LogP contribution in [0.2, 0.25) is 5.02 Å². The Morgan fingerprint density at radius 3 is 2.52 bits per heavy atom. The lowest BCUT2D eigenvalue weighted by molar-refractivity contribution is -0.141. The quantitative estimate of drug-likeness (QED) is 0.543. The molecule has 0 unspecified atom stereocenters. The standard InChI is InChI=1S/C18H12ClF3N6O/c1-27-8-14(23-9-27)25-15-10-6-7-13(18(20,21)22)24-16(10)28(17(29)26-15)12-5-3-2-4-11(12)19/h2-9H,1H3,(H,25,26,29). The highest BCUT2D eigenvalue weighted by molar-refractivity contribution is 6.32. The number of benzene rings is 1. The molecule has 0 aliphatic carbocycles. The molecule has 11 heteroatoms. The van der Waals surface area contributed by atoms with Crippen molar-refractivity contribution in [2.45, 2.75) is 6.18 Å². The van der Waals surface area contributed by atoms with Crippen LogP contribution in [0, 0.1) is 0 Å². The zero-order chi connectivity index (χ0) is 20.8. The summed E-state index contributed by atoms with van der Waals surface area (Å²) in [5, 5.41) is 3.22. The SMILES string of the molecule is Cn1cnc(Nc2nc(=O)n(-c3ccccc3Cl)c3nc(C(F)(F)F)ccc23)c1. The van der Waals surface area contributed by atoms with Gasteiger partial charge in [-0.1, -0.05) is 23.7 Å². The molecule has 0 spiro atoms. The van der Waals surface area contributed by atoms with E-state index in [0.717, 1.165) is 10.6 Å². The lowest BCUT2D eigenvalue weighted by Gasteiger charge is -2.15. The maximum atomic E-state index is 13.3. The van der Waals surface area contributed by atoms with E-state index < -0.39 is 17.6 Å². The van der Waals surface area contributed by atoms with E-state index in [1.165, 1.54) is 24.5 Å². The Labute approximate surface area is 166 Å². The van der Waals surface area contributed by atoms with Crippen molar-refractivity contribution in [3.8, 4) is 5.69 Å². The van der Waals surface area contributed by atoms with E-state index in [2.05, 4.69) is 20.3 Å². The number of pyridine rings is 1. The van der Waals surface area contributed by atoms with Crippen molar-refractivity contribution in [3.05, 3.63) is 70.1 Å². The lowest BCUT2D eigenvalue weighted by Crippen LogP contribution is -2.25. The van der Waals surface area contributed by atoms with Crippen LogP contribution in [-0.4, -0.2) is 24.1 Å². The Bertz CT molecular complexity index is 1280. The number of rotatable bonds is 3. The van der Waals surface area contributed by atoms with Crippen LogP contribution in [0.3, 0.4) is 0 Å². The molecule has 0 fully saturated rings. The van der Waals surface area contributed by atoms with Gasteiger partial charge in [0, 0.05) is 13.2 Å². The first kappa shape index (κ1) is 18.9. The molecule has 4 aromatic rings. The van der Waals surface area contributed by atoms with Crippen LogP contribution in [-0.2, 0) is 13.2 Å². The molecule has 1 aromatic carbocycles. The van der Waals surface area contributed by atoms with Gasteiger partial charge in [0.2, 0.25) is 0 Å². The second-order valence-electron chi connectivity index (χ2n) is 6.14. The molecule has 0 atom stereocenters. The number of imidazole rings is 1. The smallest absolute Gasteiger partial charge is 0.338 e. The fourth-order valence-electron chi connectivity index (χ4n) is 2.80. The molecule has 3 heterocycles. The van der Waals surface area contributed by atoms with Gasteiger partial charge < -0.3 is 9.88 Å². The van der Waals surface area contributed by atoms with Crippen molar-refractivity contribution in [3.63, 3.8) is 0 Å². The summed E-state index contributed by atoms with van der Waals surface area (Å²) in [4.78, 5) is 24.5. The molecule has 4 rings (SSSR count). The Hall–Kier alpha value is -3.40. The molecule has 0 saturated heterocycles. The van der Waals surface area contributed by atoms with Gasteiger partial charge in [-0.15, -0.1) is 0 Å². The predicted octanol–water partition coefficient (Wildman–Crippen LogP) is 3.93. The third-order valence-corrected chi connectivity index (χ3v) is 4.40. The first-order valence-electron chi connectivity index (χ1n) is 8.25. The number of alkyl halides is 3. The number of nitrogens with one attached hydrogen (secondary N) is 1. The largest absolute Gasteiger partial charge is 0.433 e. The summed E-state index contributed by atoms with van der Waals surface area (Å²) in [6.45, 7) is 0. The summed E-state index contributed by atoms with van der Waals surface area (Å²) in [5.74, 6) is 0.407. The molecule has 0 amide bonds. The highest BCUT2D eigenvalue weighted by Gasteiger charge is 2.33. The number of halogens is 4. The van der Waals surface area contributed by atoms with Gasteiger partial charge in [0.05, 0.1) is 22.4 Å². The summed E-state index contributed by atoms with van der Waals surface area (Å²) in [7, 11) is 1.75. The molecule has 0 radical (unpaired) electrons. The fourth-order valence-corrected chi connectivity index (χ4v) is 3.02. The van der Waals surface area contributed by atoms with Crippen molar-refractivity contribution in [1.82, 2.24) is 24.1 Å². The number of hydrogen-bond acceptors (Lipinski definition) is 5. The van der Waals surface area contributed by atoms with Crippen molar-refractivity contribution in [2.24, 2.45) is 7.05 Å². The van der Waals surface area contributed by atoms with Gasteiger partial charge in [-0.05, 0) is 24.3 Å². The first-order valence-corrected chi connectivity index (χ1v) is 8.63. The average molecular weight is 421 g/mol. The highest BCUT2D eigenvalue weighted by atomic mass is 35.5. The monoisotopic (exact) mass is 420 g/mol. The third-order valence-electron chi connectivity index (χ3n) is 4.08. The van der Waals surface area contributed by atoms with Gasteiger partial charge in [-0.2, -0.15) is 18.2 Å². The molecule has 0 saturated carbocycles. The molecule has 0 bridgehead atoms. The van der Waals surface area contributed by atoms with Crippen LogP contribution in [0.4, 0.5) is 24.8 Å². The van der Waals surface area contributed by atoms with Gasteiger partial charge in [0.15, 0.2) is 5.65 Å². The first-order chi connectivity index (χ1) is 13.7. The van der Waals surface area contributed by atoms with Gasteiger partial charge >= 0.3 is 11.9 Å². The highest BCUT2D eigenvalue weighted by Crippen LogP contribution is 2.31. The van der Waals surface area contributed by atoms with Gasteiger partial charge in [0.1, 0.15) is 17.3 Å². The summed E-state index contributed by atoms with van der Waals surface area (Å²) < 4.78 is 42.4. The minimum Gasteiger partial charge on any atom is -0.338 e. The van der Waals surface area contributed by atoms with E-state index in [1.54, 1.807) is 29.9 Å². The number of nitrogens with zero attached hydrogens (tertiary/aromatic N) is 5. The normalized spacial score (nSPS) is 11.8. The molecule has 29 heavy (non-hydrogen) atoms. The molecule has 1 N–H and O–H groups in total. The third kappa shape index (κ3) is 3.54. The van der Waals surface area contributed by atoms with Crippen LogP contribution >= 0.6 is 11.6 Å². The van der Waals surface area contributed by atoms with Crippen LogP contribution in [0.15, 0.2) is 53.7 Å². The molecular formula is C18H12ClF3N6O. The Balaban J connectivity index is 2.02. The topological polar surface area (TPSA) is 77.6 Å². The zero-order valence-electron chi connectivity index (χ0n) is 14.8. The minimum atomic E-state index is -4.69. The van der Waals surface area contributed by atoms with E-state index in [4.69, 9.17) is 11.6 Å². The molecule has 148 valence electrons. The Kier molecular flexibility index (Phi) is 4.50. The lowest BCUT2D eigenvalue weighted by atomic mass is 10.2. The van der Waals surface area contributed by atoms with Gasteiger partial charge in [-0.25, -0.2) is 19.3 Å². The summed E-state index contributed by atoms with van der Waals surface area (Å²) >= 11 is 6.17. The molecule has 0 aliphatic heterocycles. The zero-order valence-corrected chi connectivity index (χ0v) is 15.5. The van der Waals surface area contributed by atoms with Crippen molar-refractivity contribution in [1.29, 1.82) is 0 Å². The summed E-state index contributed by atoms with van der Waals surface area (Å²) in [5.41, 5.74) is -2.03. The number of hydrogen-bond donors (Lipinski definition) is 1. The second kappa shape index (κ2) is 6.89. The summed E-state index contributed by atoms with van der Waals surface area (Å²) in [6, 6.07) is 8.29. The van der Waals surface area contributed by atoms with Crippen LogP contribution in [0.25, 0.3) is 16.7 Å². The van der Waals surface area contributed by atoms with Crippen LogP contribution in [0.1, 0.15) is 5.69 Å². The molecular weight excluding hydrogens is 409 g/mol. The predicted molar refractivity (Wildman–Crippen MR) is 102 cm³/mol. The summed E-state index contributed by atoms with van der Waals surface area (Å²) in [6.07, 6.45) is -1.53. The van der Waals surface area contributed by atoms with E-state index >= 15 is 0 Å². The van der Waals surface area contributed by atoms with Crippen molar-refractivity contribution in [2.75, 3.05) is 5.32 Å². The van der Waals surface area contributed by atoms with E-state index in [9.17, 15) is 18.0 Å². The minimum absolute atomic E-state index is 0.0354. The van der Waals surface area contributed by atoms with E-state index in [1.807, 2.05) is 0 Å². The maximum absolute atomic E-state index is 13.3. The van der Waals surface area contributed by atoms with E-state index in [0.29, 0.717) is 5.82 Å². The van der Waals surface area contributed by atoms with Crippen LogP contribution < -0.4 is 11.0 Å². The average Bonchev–Trinajstić information content (AvgIpc) is 3.06. The number of aromatic nitrogens is 5. The van der Waals surface area contributed by atoms with Crippen LogP contribution in [0.5, 0.6) is 0 Å². The van der Waals surface area contributed by atoms with Crippen molar-refractivity contribution < 1.29 is 13.2 Å².